The van der Waals surface area contributed by atoms with Crippen molar-refractivity contribution in [3.8, 4) is 0 Å². The lowest BCUT2D eigenvalue weighted by atomic mass is 9.99. The molecule has 1 aromatic carbocycles. The zero-order valence-corrected chi connectivity index (χ0v) is 17.3. The van der Waals surface area contributed by atoms with Crippen LogP contribution in [0.4, 0.5) is 0 Å². The predicted octanol–water partition coefficient (Wildman–Crippen LogP) is 2.44. The first-order chi connectivity index (χ1) is 12.7. The number of sulfonamides is 1. The van der Waals surface area contributed by atoms with Gasteiger partial charge in [-0.25, -0.2) is 13.2 Å². The number of halogens is 1. The molecule has 0 aromatic heterocycles. The predicted molar refractivity (Wildman–Crippen MR) is 102 cm³/mol. The molecule has 2 atom stereocenters. The first kappa shape index (κ1) is 21.7. The summed E-state index contributed by atoms with van der Waals surface area (Å²) in [4.78, 5) is 24.5. The normalized spacial score (nSPS) is 17.3. The van der Waals surface area contributed by atoms with Crippen molar-refractivity contribution >= 4 is 33.5 Å². The monoisotopic (exact) mass is 416 g/mol. The van der Waals surface area contributed by atoms with Crippen molar-refractivity contribution in [2.75, 3.05) is 20.2 Å². The number of hydrogen-bond acceptors (Lipinski definition) is 5. The zero-order valence-electron chi connectivity index (χ0n) is 15.7. The summed E-state index contributed by atoms with van der Waals surface area (Å²) in [5.41, 5.74) is 0.120. The largest absolute Gasteiger partial charge is 0.467 e. The molecule has 0 radical (unpaired) electrons. The van der Waals surface area contributed by atoms with Crippen molar-refractivity contribution < 1.29 is 22.7 Å². The van der Waals surface area contributed by atoms with Gasteiger partial charge in [-0.2, -0.15) is 4.31 Å². The van der Waals surface area contributed by atoms with Gasteiger partial charge in [-0.1, -0.05) is 31.9 Å². The summed E-state index contributed by atoms with van der Waals surface area (Å²) >= 11 is 6.10. The van der Waals surface area contributed by atoms with Crippen LogP contribution >= 0.6 is 11.6 Å². The van der Waals surface area contributed by atoms with Gasteiger partial charge in [0.15, 0.2) is 0 Å². The van der Waals surface area contributed by atoms with E-state index in [1.54, 1.807) is 0 Å². The number of carbonyl (C=O) groups is 2. The molecule has 0 unspecified atom stereocenters. The van der Waals surface area contributed by atoms with Crippen molar-refractivity contribution in [3.05, 3.63) is 28.8 Å². The molecule has 7 nitrogen and oxygen atoms in total. The number of rotatable bonds is 7. The highest BCUT2D eigenvalue weighted by atomic mass is 35.5. The summed E-state index contributed by atoms with van der Waals surface area (Å²) in [6.45, 7) is 4.60. The molecule has 2 rings (SSSR count). The molecule has 1 heterocycles. The number of methoxy groups -OCH3 is 1. The maximum Gasteiger partial charge on any atom is 0.328 e. The van der Waals surface area contributed by atoms with Gasteiger partial charge >= 0.3 is 5.97 Å². The second-order valence-electron chi connectivity index (χ2n) is 6.62. The average Bonchev–Trinajstić information content (AvgIpc) is 3.20. The van der Waals surface area contributed by atoms with Gasteiger partial charge in [-0.15, -0.1) is 0 Å². The van der Waals surface area contributed by atoms with Crippen molar-refractivity contribution in [1.82, 2.24) is 9.62 Å². The number of carbonyl (C=O) groups excluding carboxylic acids is 2. The van der Waals surface area contributed by atoms with Gasteiger partial charge < -0.3 is 10.1 Å². The van der Waals surface area contributed by atoms with Crippen molar-refractivity contribution in [2.45, 2.75) is 44.0 Å². The maximum absolute atomic E-state index is 12.8. The second-order valence-corrected chi connectivity index (χ2v) is 8.93. The van der Waals surface area contributed by atoms with Crippen LogP contribution in [0.1, 0.15) is 43.5 Å². The number of esters is 1. The Morgan fingerprint density at radius 2 is 1.93 bits per heavy atom. The Morgan fingerprint density at radius 3 is 2.48 bits per heavy atom. The van der Waals surface area contributed by atoms with E-state index >= 15 is 0 Å². The standard InChI is InChI=1S/C18H25ClN2O5S/c1-4-12(2)16(18(23)26-3)20-17(22)13-7-8-14(19)15(11-13)27(24,25)21-9-5-6-10-21/h7-8,11-12,16H,4-6,9-10H2,1-3H3,(H,20,22)/t12-,16+/m0/s1. The highest BCUT2D eigenvalue weighted by molar-refractivity contribution is 7.89. The highest BCUT2D eigenvalue weighted by Gasteiger charge is 2.31. The molecule has 1 saturated heterocycles. The van der Waals surface area contributed by atoms with E-state index in [1.807, 2.05) is 13.8 Å². The van der Waals surface area contributed by atoms with Crippen LogP contribution in [-0.2, 0) is 19.6 Å². The Bertz CT molecular complexity index is 806. The Morgan fingerprint density at radius 1 is 1.30 bits per heavy atom. The van der Waals surface area contributed by atoms with E-state index in [0.717, 1.165) is 12.8 Å². The lowest BCUT2D eigenvalue weighted by molar-refractivity contribution is -0.144. The molecule has 1 amide bonds. The van der Waals surface area contributed by atoms with Gasteiger partial charge in [-0.05, 0) is 37.0 Å². The topological polar surface area (TPSA) is 92.8 Å². The van der Waals surface area contributed by atoms with Gasteiger partial charge in [0.1, 0.15) is 10.9 Å². The SMILES string of the molecule is CC[C@H](C)[C@@H](NC(=O)c1ccc(Cl)c(S(=O)(=O)N2CCCC2)c1)C(=O)OC. The number of benzene rings is 1. The van der Waals surface area contributed by atoms with Gasteiger partial charge in [0.25, 0.3) is 5.91 Å². The summed E-state index contributed by atoms with van der Waals surface area (Å²) in [5.74, 6) is -1.24. The summed E-state index contributed by atoms with van der Waals surface area (Å²) in [6, 6.07) is 3.26. The third-order valence-corrected chi connectivity index (χ3v) is 7.21. The van der Waals surface area contributed by atoms with Gasteiger partial charge in [0, 0.05) is 18.7 Å². The van der Waals surface area contributed by atoms with E-state index in [4.69, 9.17) is 16.3 Å². The zero-order chi connectivity index (χ0) is 20.2. The summed E-state index contributed by atoms with van der Waals surface area (Å²) in [6.07, 6.45) is 2.26. The molecule has 150 valence electrons. The second kappa shape index (κ2) is 9.03. The number of ether oxygens (including phenoxy) is 1. The van der Waals surface area contributed by atoms with Crippen LogP contribution in [0.5, 0.6) is 0 Å². The van der Waals surface area contributed by atoms with Gasteiger partial charge in [0.2, 0.25) is 10.0 Å². The number of hydrogen-bond donors (Lipinski definition) is 1. The Kier molecular flexibility index (Phi) is 7.25. The first-order valence-corrected chi connectivity index (χ1v) is 10.7. The summed E-state index contributed by atoms with van der Waals surface area (Å²) in [5, 5.41) is 2.70. The molecule has 1 aliphatic rings. The lowest BCUT2D eigenvalue weighted by Gasteiger charge is -2.22. The number of amides is 1. The van der Waals surface area contributed by atoms with Gasteiger partial charge in [-0.3, -0.25) is 4.79 Å². The van der Waals surface area contributed by atoms with E-state index in [0.29, 0.717) is 19.5 Å². The fourth-order valence-corrected chi connectivity index (χ4v) is 4.95. The fourth-order valence-electron chi connectivity index (χ4n) is 2.93. The van der Waals surface area contributed by atoms with E-state index < -0.39 is 27.9 Å². The molecule has 1 aromatic rings. The average molecular weight is 417 g/mol. The first-order valence-electron chi connectivity index (χ1n) is 8.90. The van der Waals surface area contributed by atoms with E-state index in [1.165, 1.54) is 29.6 Å². The Labute approximate surface area is 165 Å². The van der Waals surface area contributed by atoms with Crippen LogP contribution in [0.3, 0.4) is 0 Å². The summed E-state index contributed by atoms with van der Waals surface area (Å²) in [7, 11) is -2.51. The Balaban J connectivity index is 2.31. The molecular formula is C18H25ClN2O5S. The fraction of sp³-hybridized carbons (Fsp3) is 0.556. The third kappa shape index (κ3) is 4.80. The molecule has 9 heteroatoms. The van der Waals surface area contributed by atoms with Crippen LogP contribution in [0, 0.1) is 5.92 Å². The molecule has 27 heavy (non-hydrogen) atoms. The number of nitrogens with zero attached hydrogens (tertiary/aromatic N) is 1. The minimum absolute atomic E-state index is 0.0601. The molecule has 0 bridgehead atoms. The van der Waals surface area contributed by atoms with Crippen LogP contribution in [0.15, 0.2) is 23.1 Å². The molecule has 1 fully saturated rings. The molecule has 1 N–H and O–H groups in total. The minimum Gasteiger partial charge on any atom is -0.467 e. The molecule has 0 saturated carbocycles. The number of nitrogens with one attached hydrogen (secondary N) is 1. The summed E-state index contributed by atoms with van der Waals surface area (Å²) < 4.78 is 31.7. The maximum atomic E-state index is 12.8. The smallest absolute Gasteiger partial charge is 0.328 e. The third-order valence-electron chi connectivity index (χ3n) is 4.83. The van der Waals surface area contributed by atoms with Crippen LogP contribution in [0.2, 0.25) is 5.02 Å². The quantitative estimate of drug-likeness (QED) is 0.689. The van der Waals surface area contributed by atoms with Crippen molar-refractivity contribution in [1.29, 1.82) is 0 Å². The van der Waals surface area contributed by atoms with Crippen molar-refractivity contribution in [3.63, 3.8) is 0 Å². The van der Waals surface area contributed by atoms with E-state index in [-0.39, 0.29) is 21.4 Å². The molecule has 0 aliphatic carbocycles. The minimum atomic E-state index is -3.77. The van der Waals surface area contributed by atoms with Gasteiger partial charge in [0.05, 0.1) is 12.1 Å². The molecular weight excluding hydrogens is 392 g/mol. The van der Waals surface area contributed by atoms with E-state index in [2.05, 4.69) is 5.32 Å². The Hall–Kier alpha value is -1.64. The van der Waals surface area contributed by atoms with E-state index in [9.17, 15) is 18.0 Å². The molecule has 0 spiro atoms. The highest BCUT2D eigenvalue weighted by Crippen LogP contribution is 2.28. The van der Waals surface area contributed by atoms with Crippen LogP contribution in [0.25, 0.3) is 0 Å². The van der Waals surface area contributed by atoms with Crippen molar-refractivity contribution in [2.24, 2.45) is 5.92 Å². The lowest BCUT2D eigenvalue weighted by Crippen LogP contribution is -2.45. The molecule has 1 aliphatic heterocycles. The van der Waals surface area contributed by atoms with Crippen LogP contribution in [-0.4, -0.2) is 50.8 Å². The van der Waals surface area contributed by atoms with Crippen LogP contribution < -0.4 is 5.32 Å².